The van der Waals surface area contributed by atoms with Gasteiger partial charge in [0.25, 0.3) is 11.2 Å². The van der Waals surface area contributed by atoms with Crippen LogP contribution in [0, 0.1) is 24.0 Å². The van der Waals surface area contributed by atoms with Crippen molar-refractivity contribution in [2.75, 3.05) is 11.1 Å². The van der Waals surface area contributed by atoms with Gasteiger partial charge in [0.15, 0.2) is 10.8 Å². The van der Waals surface area contributed by atoms with Gasteiger partial charge < -0.3 is 5.32 Å². The van der Waals surface area contributed by atoms with Gasteiger partial charge in [-0.15, -0.1) is 0 Å². The van der Waals surface area contributed by atoms with Crippen LogP contribution >= 0.6 is 11.8 Å². The fourth-order valence-electron chi connectivity index (χ4n) is 3.97. The molecule has 0 saturated heterocycles. The third-order valence-electron chi connectivity index (χ3n) is 5.77. The van der Waals surface area contributed by atoms with Crippen molar-refractivity contribution in [2.45, 2.75) is 31.5 Å². The molecule has 0 radical (unpaired) electrons. The molecule has 0 spiro atoms. The Balaban J connectivity index is 1.40. The largest absolute Gasteiger partial charge is 0.326 e. The average molecular weight is 477 g/mol. The van der Waals surface area contributed by atoms with Crippen molar-refractivity contribution in [3.8, 4) is 5.69 Å². The second-order valence-corrected chi connectivity index (χ2v) is 9.16. The number of rotatable bonds is 5. The van der Waals surface area contributed by atoms with Crippen LogP contribution in [0.5, 0.6) is 0 Å². The first-order chi connectivity index (χ1) is 16.3. The van der Waals surface area contributed by atoms with Gasteiger partial charge in [0.05, 0.1) is 22.8 Å². The molecule has 5 rings (SSSR count). The van der Waals surface area contributed by atoms with Gasteiger partial charge in [-0.2, -0.15) is 5.10 Å². The maximum Gasteiger partial charge on any atom is 0.269 e. The van der Waals surface area contributed by atoms with E-state index in [2.05, 4.69) is 15.4 Å². The van der Waals surface area contributed by atoms with E-state index in [9.17, 15) is 19.7 Å². The highest BCUT2D eigenvalue weighted by Crippen LogP contribution is 2.34. The number of carbonyl (C=O) groups is 1. The summed E-state index contributed by atoms with van der Waals surface area (Å²) in [6.07, 6.45) is 1.59. The second kappa shape index (κ2) is 8.41. The maximum absolute atomic E-state index is 13.3. The second-order valence-electron chi connectivity index (χ2n) is 8.17. The Kier molecular flexibility index (Phi) is 5.40. The summed E-state index contributed by atoms with van der Waals surface area (Å²) in [4.78, 5) is 41.2. The summed E-state index contributed by atoms with van der Waals surface area (Å²) in [6.45, 7) is 3.69. The zero-order chi connectivity index (χ0) is 24.0. The van der Waals surface area contributed by atoms with E-state index in [0.717, 1.165) is 11.3 Å². The molecule has 1 aliphatic heterocycles. The summed E-state index contributed by atoms with van der Waals surface area (Å²) in [5.74, 6) is 0.261. The number of nitro benzene ring substituents is 1. The highest BCUT2D eigenvalue weighted by atomic mass is 32.2. The van der Waals surface area contributed by atoms with E-state index in [1.165, 1.54) is 36.2 Å². The molecule has 4 aromatic rings. The summed E-state index contributed by atoms with van der Waals surface area (Å²) >= 11 is 1.43. The number of carbonyl (C=O) groups excluding carboxylic acids is 1. The van der Waals surface area contributed by atoms with E-state index in [1.54, 1.807) is 16.2 Å². The smallest absolute Gasteiger partial charge is 0.269 e. The minimum absolute atomic E-state index is 0.0375. The molecule has 10 nitrogen and oxygen atoms in total. The molecule has 1 unspecified atom stereocenters. The number of hydrogen-bond acceptors (Lipinski definition) is 7. The van der Waals surface area contributed by atoms with Gasteiger partial charge >= 0.3 is 0 Å². The van der Waals surface area contributed by atoms with Crippen LogP contribution in [-0.2, 0) is 4.79 Å². The fourth-order valence-corrected chi connectivity index (χ4v) is 5.10. The number of hydrogen-bond donors (Lipinski definition) is 1. The number of non-ortho nitro benzene ring substituents is 1. The fraction of sp³-hybridized carbons (Fsp3) is 0.217. The number of nitrogens with zero attached hydrogens (tertiary/aromatic N) is 5. The molecule has 11 heteroatoms. The van der Waals surface area contributed by atoms with Crippen LogP contribution in [-0.4, -0.2) is 35.9 Å². The van der Waals surface area contributed by atoms with Crippen molar-refractivity contribution >= 4 is 40.1 Å². The molecule has 1 atom stereocenters. The summed E-state index contributed by atoms with van der Waals surface area (Å²) < 4.78 is 3.21. The molecule has 2 aromatic carbocycles. The van der Waals surface area contributed by atoms with Crippen LogP contribution in [0.1, 0.15) is 23.6 Å². The van der Waals surface area contributed by atoms with Gasteiger partial charge in [0, 0.05) is 30.0 Å². The van der Waals surface area contributed by atoms with E-state index in [-0.39, 0.29) is 29.6 Å². The van der Waals surface area contributed by atoms with Gasteiger partial charge in [-0.05, 0) is 37.6 Å². The lowest BCUT2D eigenvalue weighted by atomic mass is 10.1. The van der Waals surface area contributed by atoms with Crippen molar-refractivity contribution in [3.05, 3.63) is 80.3 Å². The summed E-state index contributed by atoms with van der Waals surface area (Å²) in [5, 5.41) is 19.0. The molecule has 3 heterocycles. The Hall–Kier alpha value is -3.99. The maximum atomic E-state index is 13.3. The average Bonchev–Trinajstić information content (AvgIpc) is 3.40. The number of fused-ring (bicyclic) bond motifs is 2. The van der Waals surface area contributed by atoms with Crippen LogP contribution in [0.25, 0.3) is 16.7 Å². The summed E-state index contributed by atoms with van der Waals surface area (Å²) in [5.41, 5.74) is 3.25. The molecule has 1 amide bonds. The van der Waals surface area contributed by atoms with Crippen LogP contribution in [0.15, 0.2) is 58.6 Å². The Morgan fingerprint density at radius 1 is 1.24 bits per heavy atom. The molecule has 2 aromatic heterocycles. The molecule has 1 aliphatic rings. The topological polar surface area (TPSA) is 125 Å². The van der Waals surface area contributed by atoms with Crippen LogP contribution in [0.2, 0.25) is 0 Å². The Morgan fingerprint density at radius 3 is 2.71 bits per heavy atom. The molecule has 0 bridgehead atoms. The third-order valence-corrected chi connectivity index (χ3v) is 6.86. The van der Waals surface area contributed by atoms with Crippen molar-refractivity contribution in [3.63, 3.8) is 0 Å². The lowest BCUT2D eigenvalue weighted by molar-refractivity contribution is -0.384. The number of benzene rings is 2. The normalized spacial score (nSPS) is 14.8. The van der Waals surface area contributed by atoms with Gasteiger partial charge in [0.2, 0.25) is 5.91 Å². The standard InChI is InChI=1S/C23H20N6O4S/c1-13-3-5-15(6-4-13)28-21-18(11-24-28)22(31)27-17(12-34-23(27)26-21)10-20(30)25-19-8-7-16(29(32)33)9-14(19)2/h3-9,11,17H,10,12H2,1-2H3,(H,25,30). The number of thioether (sulfide) groups is 1. The predicted molar refractivity (Wildman–Crippen MR) is 129 cm³/mol. The lowest BCUT2D eigenvalue weighted by Gasteiger charge is -2.14. The van der Waals surface area contributed by atoms with Crippen LogP contribution < -0.4 is 10.9 Å². The number of amides is 1. The number of anilines is 1. The number of nitrogens with one attached hydrogen (secondary N) is 1. The van der Waals surface area contributed by atoms with Crippen molar-refractivity contribution in [1.82, 2.24) is 19.3 Å². The Labute approximate surface area is 197 Å². The van der Waals surface area contributed by atoms with Gasteiger partial charge in [-0.3, -0.25) is 24.3 Å². The lowest BCUT2D eigenvalue weighted by Crippen LogP contribution is -2.27. The predicted octanol–water partition coefficient (Wildman–Crippen LogP) is 3.78. The zero-order valence-electron chi connectivity index (χ0n) is 18.4. The third kappa shape index (κ3) is 3.83. The molecule has 0 aliphatic carbocycles. The van der Waals surface area contributed by atoms with Gasteiger partial charge in [-0.25, -0.2) is 9.67 Å². The Bertz CT molecular complexity index is 1510. The minimum Gasteiger partial charge on any atom is -0.326 e. The van der Waals surface area contributed by atoms with E-state index in [1.807, 2.05) is 31.2 Å². The molecule has 1 N–H and O–H groups in total. The van der Waals surface area contributed by atoms with E-state index in [0.29, 0.717) is 33.2 Å². The molecule has 0 fully saturated rings. The molecular weight excluding hydrogens is 456 g/mol. The Morgan fingerprint density at radius 2 is 2.00 bits per heavy atom. The number of aryl methyl sites for hydroxylation is 2. The van der Waals surface area contributed by atoms with Gasteiger partial charge in [-0.1, -0.05) is 29.5 Å². The number of nitro groups is 1. The highest BCUT2D eigenvalue weighted by Gasteiger charge is 2.29. The van der Waals surface area contributed by atoms with Crippen molar-refractivity contribution in [2.24, 2.45) is 0 Å². The van der Waals surface area contributed by atoms with Crippen LogP contribution in [0.4, 0.5) is 11.4 Å². The first-order valence-electron chi connectivity index (χ1n) is 10.6. The first-order valence-corrected chi connectivity index (χ1v) is 11.6. The number of aromatic nitrogens is 4. The van der Waals surface area contributed by atoms with Gasteiger partial charge in [0.1, 0.15) is 5.39 Å². The molecule has 0 saturated carbocycles. The van der Waals surface area contributed by atoms with E-state index >= 15 is 0 Å². The van der Waals surface area contributed by atoms with E-state index < -0.39 is 4.92 Å². The molecular formula is C23H20N6O4S. The zero-order valence-corrected chi connectivity index (χ0v) is 19.2. The summed E-state index contributed by atoms with van der Waals surface area (Å²) in [6, 6.07) is 11.7. The minimum atomic E-state index is -0.480. The monoisotopic (exact) mass is 476 g/mol. The first kappa shape index (κ1) is 21.8. The highest BCUT2D eigenvalue weighted by molar-refractivity contribution is 7.99. The molecule has 172 valence electrons. The quantitative estimate of drug-likeness (QED) is 0.264. The van der Waals surface area contributed by atoms with Crippen molar-refractivity contribution in [1.29, 1.82) is 0 Å². The summed E-state index contributed by atoms with van der Waals surface area (Å²) in [7, 11) is 0. The molecule has 34 heavy (non-hydrogen) atoms. The SMILES string of the molecule is Cc1ccc(-n2ncc3c(=O)n4c(nc32)SCC4CC(=O)Nc2ccc([N+](=O)[O-])cc2C)cc1. The van der Waals surface area contributed by atoms with E-state index in [4.69, 9.17) is 0 Å². The van der Waals surface area contributed by atoms with Crippen molar-refractivity contribution < 1.29 is 9.72 Å². The van der Waals surface area contributed by atoms with Crippen LogP contribution in [0.3, 0.4) is 0 Å².